The van der Waals surface area contributed by atoms with E-state index in [-0.39, 0.29) is 37.2 Å². The topological polar surface area (TPSA) is 131 Å². The fourth-order valence-electron chi connectivity index (χ4n) is 6.83. The predicted molar refractivity (Wildman–Crippen MR) is 204 cm³/mol. The van der Waals surface area contributed by atoms with Gasteiger partial charge in [0.15, 0.2) is 0 Å². The van der Waals surface area contributed by atoms with Crippen molar-refractivity contribution < 1.29 is 33.0 Å². The zero-order valence-electron chi connectivity index (χ0n) is 31.6. The van der Waals surface area contributed by atoms with Crippen LogP contribution in [0, 0.1) is 6.92 Å². The highest BCUT2D eigenvalue weighted by atomic mass is 31.2. The molecule has 13 heteroatoms. The molecular weight excluding hydrogens is 697 g/mol. The Bertz CT molecular complexity index is 1860. The van der Waals surface area contributed by atoms with Crippen molar-refractivity contribution in [3.63, 3.8) is 0 Å². The molecule has 0 spiro atoms. The lowest BCUT2D eigenvalue weighted by atomic mass is 9.80. The minimum atomic E-state index is -1.52. The molecule has 0 amide bonds. The van der Waals surface area contributed by atoms with E-state index < -0.39 is 43.6 Å². The monoisotopic (exact) mass is 747 g/mol. The number of benzene rings is 3. The number of rotatable bonds is 16. The van der Waals surface area contributed by atoms with Gasteiger partial charge in [0.05, 0.1) is 34.0 Å². The number of nitrogens with one attached hydrogen (secondary N) is 1. The lowest BCUT2D eigenvalue weighted by Gasteiger charge is -2.39. The van der Waals surface area contributed by atoms with Crippen molar-refractivity contribution in [1.29, 1.82) is 0 Å². The lowest BCUT2D eigenvalue weighted by molar-refractivity contribution is -0.137. The Kier molecular flexibility index (Phi) is 13.3. The van der Waals surface area contributed by atoms with E-state index >= 15 is 0 Å². The lowest BCUT2D eigenvalue weighted by Crippen LogP contribution is -2.40. The molecule has 4 aromatic rings. The minimum absolute atomic E-state index is 0.0238. The molecule has 1 N–H and O–H groups in total. The second-order valence-corrected chi connectivity index (χ2v) is 15.1. The summed E-state index contributed by atoms with van der Waals surface area (Å²) in [6.07, 6.45) is -0.308. The summed E-state index contributed by atoms with van der Waals surface area (Å²) in [7, 11) is 3.08. The number of carbonyl (C=O) groups is 1. The third-order valence-corrected chi connectivity index (χ3v) is 11.8. The van der Waals surface area contributed by atoms with E-state index in [9.17, 15) is 14.4 Å². The number of aryl methyl sites for hydroxylation is 1. The summed E-state index contributed by atoms with van der Waals surface area (Å²) in [6, 6.07) is 25.5. The first-order valence-corrected chi connectivity index (χ1v) is 19.1. The number of carbonyl (C=O) groups excluding carboxylic acids is 1. The van der Waals surface area contributed by atoms with Crippen LogP contribution in [0.25, 0.3) is 0 Å². The second kappa shape index (κ2) is 17.7. The van der Waals surface area contributed by atoms with Crippen LogP contribution >= 0.6 is 8.30 Å². The van der Waals surface area contributed by atoms with Crippen molar-refractivity contribution in [2.45, 2.75) is 77.2 Å². The van der Waals surface area contributed by atoms with Crippen LogP contribution in [0.3, 0.4) is 0 Å². The first-order valence-electron chi connectivity index (χ1n) is 17.7. The van der Waals surface area contributed by atoms with E-state index in [1.807, 2.05) is 78.9 Å². The number of aromatic nitrogens is 2. The fraction of sp³-hybridized carbons (Fsp3) is 0.425. The van der Waals surface area contributed by atoms with Gasteiger partial charge in [-0.15, -0.1) is 0 Å². The molecule has 284 valence electrons. The Morgan fingerprint density at radius 1 is 0.887 bits per heavy atom. The Labute approximate surface area is 311 Å². The molecule has 1 aromatic heterocycles. The van der Waals surface area contributed by atoms with E-state index in [0.29, 0.717) is 17.1 Å². The highest BCUT2D eigenvalue weighted by molar-refractivity contribution is 7.51. The Hall–Kier alpha value is -4.32. The molecule has 4 atom stereocenters. The number of H-pyrrole nitrogens is 1. The van der Waals surface area contributed by atoms with Crippen molar-refractivity contribution in [2.75, 3.05) is 34.1 Å². The normalized spacial score (nSPS) is 18.1. The van der Waals surface area contributed by atoms with E-state index in [0.717, 1.165) is 16.7 Å². The standard InChI is InChI=1S/C40H50N3O9P/c1-26(2)43(27(3)4)53(25-37(44)49-8)52-34-22-36(42-23-28(5)38(45)41-39(42)46)51-35(34)24-50-40(29-12-10-9-11-13-29,30-14-18-32(47-6)19-15-30)31-16-20-33(48-7)21-17-31/h9-21,23,26-27,34-36H,22,24-25H2,1-8H3,(H,41,45,46)/t34-,35+,36+,53?/m0/s1. The van der Waals surface area contributed by atoms with Crippen LogP contribution in [-0.2, 0) is 29.1 Å². The van der Waals surface area contributed by atoms with Gasteiger partial charge >= 0.3 is 11.7 Å². The van der Waals surface area contributed by atoms with Gasteiger partial charge in [0.1, 0.15) is 43.9 Å². The molecule has 0 saturated carbocycles. The second-order valence-electron chi connectivity index (χ2n) is 13.5. The number of methoxy groups -OCH3 is 3. The number of nitrogens with zero attached hydrogens (tertiary/aromatic N) is 2. The number of ether oxygens (including phenoxy) is 5. The van der Waals surface area contributed by atoms with Crippen LogP contribution in [-0.4, -0.2) is 78.6 Å². The number of aromatic amines is 1. The van der Waals surface area contributed by atoms with Gasteiger partial charge in [-0.05, 0) is 75.6 Å². The Balaban J connectivity index is 1.62. The maximum absolute atomic E-state index is 13.1. The Morgan fingerprint density at radius 2 is 1.43 bits per heavy atom. The molecule has 53 heavy (non-hydrogen) atoms. The number of esters is 1. The molecule has 1 aliphatic rings. The van der Waals surface area contributed by atoms with Crippen molar-refractivity contribution in [2.24, 2.45) is 0 Å². The maximum Gasteiger partial charge on any atom is 0.330 e. The van der Waals surface area contributed by atoms with Gasteiger partial charge in [0.25, 0.3) is 5.56 Å². The van der Waals surface area contributed by atoms with Crippen molar-refractivity contribution >= 4 is 14.3 Å². The fourth-order valence-corrected chi connectivity index (χ4v) is 9.09. The van der Waals surface area contributed by atoms with Crippen LogP contribution in [0.2, 0.25) is 0 Å². The summed E-state index contributed by atoms with van der Waals surface area (Å²) in [5, 5.41) is 0. The van der Waals surface area contributed by atoms with Gasteiger partial charge < -0.3 is 28.2 Å². The number of hydrogen-bond acceptors (Lipinski definition) is 10. The maximum atomic E-state index is 13.1. The van der Waals surface area contributed by atoms with Crippen LogP contribution in [0.15, 0.2) is 94.6 Å². The van der Waals surface area contributed by atoms with E-state index in [2.05, 4.69) is 37.3 Å². The molecule has 0 bridgehead atoms. The molecule has 1 saturated heterocycles. The molecule has 1 aliphatic heterocycles. The first kappa shape index (κ1) is 39.9. The average Bonchev–Trinajstić information content (AvgIpc) is 3.55. The molecule has 2 heterocycles. The third-order valence-electron chi connectivity index (χ3n) is 9.34. The quantitative estimate of drug-likeness (QED) is 0.0810. The highest BCUT2D eigenvalue weighted by Crippen LogP contribution is 2.50. The Morgan fingerprint density at radius 3 is 1.94 bits per heavy atom. The van der Waals surface area contributed by atoms with Gasteiger partial charge in [0, 0.05) is 30.3 Å². The minimum Gasteiger partial charge on any atom is -0.497 e. The van der Waals surface area contributed by atoms with Crippen LogP contribution in [0.5, 0.6) is 11.5 Å². The van der Waals surface area contributed by atoms with E-state index in [4.69, 9.17) is 28.2 Å². The zero-order valence-corrected chi connectivity index (χ0v) is 32.5. The molecule has 0 radical (unpaired) electrons. The van der Waals surface area contributed by atoms with Crippen LogP contribution in [0.1, 0.15) is 62.6 Å². The molecular formula is C40H50N3O9P. The SMILES string of the molecule is COC(=O)CP(O[C@H]1C[C@H](n2cc(C)c(=O)[nH]c2=O)O[C@@H]1COC(c1ccccc1)(c1ccc(OC)cc1)c1ccc(OC)cc1)N(C(C)C)C(C)C. The van der Waals surface area contributed by atoms with Crippen molar-refractivity contribution in [1.82, 2.24) is 14.2 Å². The molecule has 0 aliphatic carbocycles. The third kappa shape index (κ3) is 8.91. The van der Waals surface area contributed by atoms with Gasteiger partial charge in [-0.2, -0.15) is 0 Å². The van der Waals surface area contributed by atoms with E-state index in [1.54, 1.807) is 21.1 Å². The average molecular weight is 748 g/mol. The first-order chi connectivity index (χ1) is 25.4. The van der Waals surface area contributed by atoms with Crippen molar-refractivity contribution in [3.8, 4) is 11.5 Å². The molecule has 3 aromatic carbocycles. The molecule has 1 fully saturated rings. The predicted octanol–water partition coefficient (Wildman–Crippen LogP) is 6.15. The summed E-state index contributed by atoms with van der Waals surface area (Å²) in [4.78, 5) is 40.6. The smallest absolute Gasteiger partial charge is 0.330 e. The largest absolute Gasteiger partial charge is 0.497 e. The van der Waals surface area contributed by atoms with Crippen LogP contribution in [0.4, 0.5) is 0 Å². The molecule has 1 unspecified atom stereocenters. The van der Waals surface area contributed by atoms with Crippen molar-refractivity contribution in [3.05, 3.63) is 128 Å². The van der Waals surface area contributed by atoms with Crippen LogP contribution < -0.4 is 20.7 Å². The molecule has 12 nitrogen and oxygen atoms in total. The van der Waals surface area contributed by atoms with Gasteiger partial charge in [0.2, 0.25) is 0 Å². The van der Waals surface area contributed by atoms with E-state index in [1.165, 1.54) is 17.9 Å². The van der Waals surface area contributed by atoms with Gasteiger partial charge in [-0.1, -0.05) is 54.6 Å². The summed E-state index contributed by atoms with van der Waals surface area (Å²) in [5.74, 6) is 1.00. The summed E-state index contributed by atoms with van der Waals surface area (Å²) in [5.41, 5.74) is 0.717. The zero-order chi connectivity index (χ0) is 38.3. The van der Waals surface area contributed by atoms with Gasteiger partial charge in [-0.3, -0.25) is 23.8 Å². The highest BCUT2D eigenvalue weighted by Gasteiger charge is 2.45. The molecule has 5 rings (SSSR count). The summed E-state index contributed by atoms with van der Waals surface area (Å²) >= 11 is 0. The summed E-state index contributed by atoms with van der Waals surface area (Å²) < 4.78 is 40.5. The van der Waals surface area contributed by atoms with Gasteiger partial charge in [-0.25, -0.2) is 4.79 Å². The number of hydrogen-bond donors (Lipinski definition) is 1. The summed E-state index contributed by atoms with van der Waals surface area (Å²) in [6.45, 7) is 9.90.